The fourth-order valence-corrected chi connectivity index (χ4v) is 2.12. The van der Waals surface area contributed by atoms with E-state index < -0.39 is 12.3 Å². The molecule has 1 aromatic heterocycles. The summed E-state index contributed by atoms with van der Waals surface area (Å²) in [6.45, 7) is 0.948. The second kappa shape index (κ2) is 3.59. The summed E-state index contributed by atoms with van der Waals surface area (Å²) in [5, 5.41) is 11.9. The number of hydrogen-bond donors (Lipinski definition) is 1. The summed E-state index contributed by atoms with van der Waals surface area (Å²) < 4.78 is 13.1. The Bertz CT molecular complexity index is 267. The summed E-state index contributed by atoms with van der Waals surface area (Å²) in [5.74, 6) is 0. The van der Waals surface area contributed by atoms with Gasteiger partial charge in [0.15, 0.2) is 5.13 Å². The maximum absolute atomic E-state index is 13.1. The molecule has 0 aromatic carbocycles. The van der Waals surface area contributed by atoms with Crippen LogP contribution in [0, 0.1) is 0 Å². The fraction of sp³-hybridized carbons (Fsp3) is 0.625. The lowest BCUT2D eigenvalue weighted by Crippen LogP contribution is -2.44. The molecule has 2 heterocycles. The van der Waals surface area contributed by atoms with Crippen LogP contribution in [0.15, 0.2) is 11.6 Å². The largest absolute Gasteiger partial charge is 0.390 e. The average Bonchev–Trinajstić information content (AvgIpc) is 2.62. The molecule has 0 aliphatic carbocycles. The van der Waals surface area contributed by atoms with Gasteiger partial charge in [-0.3, -0.25) is 0 Å². The molecule has 0 spiro atoms. The van der Waals surface area contributed by atoms with Gasteiger partial charge in [-0.1, -0.05) is 0 Å². The predicted molar refractivity (Wildman–Crippen MR) is 49.8 cm³/mol. The van der Waals surface area contributed by atoms with Crippen LogP contribution >= 0.6 is 11.3 Å². The van der Waals surface area contributed by atoms with E-state index in [-0.39, 0.29) is 6.54 Å². The number of rotatable bonds is 1. The van der Waals surface area contributed by atoms with Crippen molar-refractivity contribution in [2.24, 2.45) is 0 Å². The Morgan fingerprint density at radius 3 is 3.15 bits per heavy atom. The minimum Gasteiger partial charge on any atom is -0.390 e. The molecule has 0 radical (unpaired) electrons. The molecule has 0 amide bonds. The third kappa shape index (κ3) is 1.81. The maximum Gasteiger partial charge on any atom is 0.185 e. The van der Waals surface area contributed by atoms with Gasteiger partial charge in [-0.25, -0.2) is 9.37 Å². The van der Waals surface area contributed by atoms with E-state index in [0.29, 0.717) is 13.0 Å². The van der Waals surface area contributed by atoms with Crippen LogP contribution in [0.3, 0.4) is 0 Å². The van der Waals surface area contributed by atoms with Gasteiger partial charge in [-0.15, -0.1) is 11.3 Å². The molecule has 5 heteroatoms. The smallest absolute Gasteiger partial charge is 0.185 e. The van der Waals surface area contributed by atoms with Gasteiger partial charge in [0.1, 0.15) is 6.17 Å². The number of thiazole rings is 1. The van der Waals surface area contributed by atoms with Crippen LogP contribution in [0.1, 0.15) is 6.42 Å². The van der Waals surface area contributed by atoms with Gasteiger partial charge >= 0.3 is 0 Å². The van der Waals surface area contributed by atoms with E-state index in [1.165, 1.54) is 11.3 Å². The van der Waals surface area contributed by atoms with E-state index in [1.54, 1.807) is 6.20 Å². The normalized spacial score (nSPS) is 29.2. The van der Waals surface area contributed by atoms with Crippen LogP contribution in [-0.4, -0.2) is 35.5 Å². The van der Waals surface area contributed by atoms with E-state index in [0.717, 1.165) is 5.13 Å². The lowest BCUT2D eigenvalue weighted by atomic mass is 10.1. The summed E-state index contributed by atoms with van der Waals surface area (Å²) in [5.41, 5.74) is 0. The van der Waals surface area contributed by atoms with Crippen molar-refractivity contribution in [3.05, 3.63) is 11.6 Å². The highest BCUT2D eigenvalue weighted by Crippen LogP contribution is 2.23. The van der Waals surface area contributed by atoms with E-state index in [9.17, 15) is 9.50 Å². The van der Waals surface area contributed by atoms with Crippen LogP contribution in [0.2, 0.25) is 0 Å². The zero-order valence-electron chi connectivity index (χ0n) is 7.06. The molecule has 1 fully saturated rings. The Hall–Kier alpha value is -0.680. The molecule has 13 heavy (non-hydrogen) atoms. The third-order valence-corrected chi connectivity index (χ3v) is 3.03. The molecular formula is C8H11FN2OS. The number of aliphatic hydroxyl groups is 1. The second-order valence-corrected chi connectivity index (χ2v) is 4.01. The Kier molecular flexibility index (Phi) is 2.46. The number of aromatic nitrogens is 1. The minimum absolute atomic E-state index is 0.259. The topological polar surface area (TPSA) is 36.4 Å². The maximum atomic E-state index is 13.1. The summed E-state index contributed by atoms with van der Waals surface area (Å²) in [6.07, 6.45) is 0.257. The predicted octanol–water partition coefficient (Wildman–Crippen LogP) is 1.05. The van der Waals surface area contributed by atoms with Crippen LogP contribution in [-0.2, 0) is 0 Å². The summed E-state index contributed by atoms with van der Waals surface area (Å²) in [7, 11) is 0. The van der Waals surface area contributed by atoms with E-state index in [4.69, 9.17) is 0 Å². The summed E-state index contributed by atoms with van der Waals surface area (Å²) in [6, 6.07) is 0. The number of piperidine rings is 1. The molecule has 1 saturated heterocycles. The van der Waals surface area contributed by atoms with Crippen LogP contribution in [0.5, 0.6) is 0 Å². The third-order valence-electron chi connectivity index (χ3n) is 2.20. The van der Waals surface area contributed by atoms with Crippen molar-refractivity contribution in [3.8, 4) is 0 Å². The van der Waals surface area contributed by atoms with Gasteiger partial charge in [0.25, 0.3) is 0 Å². The first-order valence-corrected chi connectivity index (χ1v) is 5.12. The fourth-order valence-electron chi connectivity index (χ4n) is 1.44. The van der Waals surface area contributed by atoms with Crippen molar-refractivity contribution < 1.29 is 9.50 Å². The number of nitrogens with zero attached hydrogens (tertiary/aromatic N) is 2. The quantitative estimate of drug-likeness (QED) is 0.739. The van der Waals surface area contributed by atoms with Crippen LogP contribution < -0.4 is 4.90 Å². The number of hydrogen-bond acceptors (Lipinski definition) is 4. The molecule has 1 aliphatic heterocycles. The molecule has 1 aromatic rings. The lowest BCUT2D eigenvalue weighted by Gasteiger charge is -2.31. The molecule has 0 saturated carbocycles. The van der Waals surface area contributed by atoms with Gasteiger partial charge in [-0.2, -0.15) is 0 Å². The summed E-state index contributed by atoms with van der Waals surface area (Å²) >= 11 is 1.50. The Morgan fingerprint density at radius 2 is 2.54 bits per heavy atom. The second-order valence-electron chi connectivity index (χ2n) is 3.13. The zero-order chi connectivity index (χ0) is 9.26. The van der Waals surface area contributed by atoms with Crippen molar-refractivity contribution >= 4 is 16.5 Å². The highest BCUT2D eigenvalue weighted by molar-refractivity contribution is 7.13. The molecule has 1 aliphatic rings. The number of halogens is 1. The molecule has 0 bridgehead atoms. The highest BCUT2D eigenvalue weighted by atomic mass is 32.1. The Balaban J connectivity index is 2.03. The number of aliphatic hydroxyl groups excluding tert-OH is 1. The van der Waals surface area contributed by atoms with Crippen molar-refractivity contribution in [2.75, 3.05) is 18.0 Å². The van der Waals surface area contributed by atoms with E-state index >= 15 is 0 Å². The average molecular weight is 202 g/mol. The molecule has 2 rings (SSSR count). The van der Waals surface area contributed by atoms with Gasteiger partial charge < -0.3 is 10.0 Å². The van der Waals surface area contributed by atoms with E-state index in [2.05, 4.69) is 4.98 Å². The lowest BCUT2D eigenvalue weighted by molar-refractivity contribution is 0.0615. The zero-order valence-corrected chi connectivity index (χ0v) is 7.88. The molecule has 2 atom stereocenters. The SMILES string of the molecule is OC1CCN(c2nccs2)CC1F. The monoisotopic (exact) mass is 202 g/mol. The van der Waals surface area contributed by atoms with Crippen molar-refractivity contribution in [3.63, 3.8) is 0 Å². The number of anilines is 1. The van der Waals surface area contributed by atoms with Gasteiger partial charge in [-0.05, 0) is 6.42 Å². The molecule has 72 valence electrons. The van der Waals surface area contributed by atoms with Crippen molar-refractivity contribution in [2.45, 2.75) is 18.7 Å². The standard InChI is InChI=1S/C8H11FN2OS/c9-6-5-11(3-1-7(6)12)8-10-2-4-13-8/h2,4,6-7,12H,1,3,5H2. The highest BCUT2D eigenvalue weighted by Gasteiger charge is 2.28. The van der Waals surface area contributed by atoms with Gasteiger partial charge in [0.2, 0.25) is 0 Å². The molecular weight excluding hydrogens is 191 g/mol. The Labute approximate surface area is 79.8 Å². The molecule has 3 nitrogen and oxygen atoms in total. The molecule has 2 unspecified atom stereocenters. The minimum atomic E-state index is -1.14. The molecule has 1 N–H and O–H groups in total. The van der Waals surface area contributed by atoms with Crippen LogP contribution in [0.4, 0.5) is 9.52 Å². The van der Waals surface area contributed by atoms with Crippen molar-refractivity contribution in [1.82, 2.24) is 4.98 Å². The first-order valence-electron chi connectivity index (χ1n) is 4.24. The van der Waals surface area contributed by atoms with Crippen LogP contribution in [0.25, 0.3) is 0 Å². The van der Waals surface area contributed by atoms with Gasteiger partial charge in [0, 0.05) is 18.1 Å². The first kappa shape index (κ1) is 8.90. The van der Waals surface area contributed by atoms with Gasteiger partial charge in [0.05, 0.1) is 12.6 Å². The van der Waals surface area contributed by atoms with E-state index in [1.807, 2.05) is 10.3 Å². The summed E-state index contributed by atoms with van der Waals surface area (Å²) in [4.78, 5) is 5.97. The number of alkyl halides is 1. The van der Waals surface area contributed by atoms with Crippen molar-refractivity contribution in [1.29, 1.82) is 0 Å². The Morgan fingerprint density at radius 1 is 1.69 bits per heavy atom. The first-order chi connectivity index (χ1) is 6.27.